The maximum Gasteiger partial charge on any atom is 0.418 e. The summed E-state index contributed by atoms with van der Waals surface area (Å²) in [4.78, 5) is 16.8. The van der Waals surface area contributed by atoms with Gasteiger partial charge in [-0.25, -0.2) is 4.98 Å². The first-order chi connectivity index (χ1) is 12.2. The number of carbonyl (C=O) groups is 1. The lowest BCUT2D eigenvalue weighted by Crippen LogP contribution is -2.24. The molecule has 0 bridgehead atoms. The van der Waals surface area contributed by atoms with Crippen molar-refractivity contribution >= 4 is 56.5 Å². The van der Waals surface area contributed by atoms with Crippen LogP contribution in [0.3, 0.4) is 0 Å². The summed E-state index contributed by atoms with van der Waals surface area (Å²) in [5, 5.41) is 1.67. The van der Waals surface area contributed by atoms with Crippen LogP contribution in [0.2, 0.25) is 5.02 Å². The van der Waals surface area contributed by atoms with Crippen molar-refractivity contribution in [3.63, 3.8) is 0 Å². The number of thiazole rings is 1. The van der Waals surface area contributed by atoms with E-state index in [1.54, 1.807) is 6.92 Å². The molecule has 0 saturated carbocycles. The van der Waals surface area contributed by atoms with Crippen LogP contribution in [0.25, 0.3) is 10.2 Å². The zero-order valence-corrected chi connectivity index (χ0v) is 15.7. The molecule has 0 radical (unpaired) electrons. The lowest BCUT2D eigenvalue weighted by atomic mass is 10.1. The Kier molecular flexibility index (Phi) is 5.45. The minimum absolute atomic E-state index is 0.0489. The highest BCUT2D eigenvalue weighted by Crippen LogP contribution is 2.37. The van der Waals surface area contributed by atoms with E-state index in [-0.39, 0.29) is 10.7 Å². The quantitative estimate of drug-likeness (QED) is 0.523. The van der Waals surface area contributed by atoms with Crippen molar-refractivity contribution < 1.29 is 18.0 Å². The molecule has 0 fully saturated rings. The van der Waals surface area contributed by atoms with E-state index in [9.17, 15) is 18.0 Å². The van der Waals surface area contributed by atoms with Gasteiger partial charge < -0.3 is 5.32 Å². The molecule has 1 atom stereocenters. The molecule has 1 heterocycles. The Balaban J connectivity index is 1.75. The highest BCUT2D eigenvalue weighted by molar-refractivity contribution is 8.02. The van der Waals surface area contributed by atoms with E-state index in [4.69, 9.17) is 11.6 Å². The Morgan fingerprint density at radius 2 is 2.00 bits per heavy atom. The number of aromatic nitrogens is 1. The van der Waals surface area contributed by atoms with Gasteiger partial charge in [0.05, 0.1) is 26.7 Å². The Morgan fingerprint density at radius 1 is 1.27 bits per heavy atom. The predicted molar refractivity (Wildman–Crippen MR) is 100 cm³/mol. The third-order valence-corrected chi connectivity index (χ3v) is 5.93. The number of alkyl halides is 3. The molecule has 0 aliphatic heterocycles. The maximum absolute atomic E-state index is 13.1. The number of rotatable bonds is 4. The first-order valence-electron chi connectivity index (χ1n) is 7.44. The van der Waals surface area contributed by atoms with Crippen LogP contribution in [0.5, 0.6) is 0 Å². The van der Waals surface area contributed by atoms with E-state index in [0.717, 1.165) is 22.3 Å². The summed E-state index contributed by atoms with van der Waals surface area (Å²) in [6, 6.07) is 10.8. The average molecular weight is 417 g/mol. The number of benzene rings is 2. The smallest absolute Gasteiger partial charge is 0.325 e. The van der Waals surface area contributed by atoms with Gasteiger partial charge in [-0.15, -0.1) is 11.3 Å². The molecule has 0 aliphatic rings. The Labute approximate surface area is 160 Å². The number of halogens is 4. The molecule has 9 heteroatoms. The summed E-state index contributed by atoms with van der Waals surface area (Å²) in [5.41, 5.74) is -0.469. The molecule has 3 nitrogen and oxygen atoms in total. The number of anilines is 1. The number of hydrogen-bond donors (Lipinski definition) is 1. The van der Waals surface area contributed by atoms with E-state index >= 15 is 0 Å². The van der Waals surface area contributed by atoms with Gasteiger partial charge in [-0.05, 0) is 37.3 Å². The molecule has 136 valence electrons. The SMILES string of the molecule is C[C@@H](Sc1nc2ccccc2s1)C(=O)Nc1ccc(Cl)cc1C(F)(F)F. The number of amides is 1. The van der Waals surface area contributed by atoms with E-state index in [1.165, 1.54) is 29.2 Å². The van der Waals surface area contributed by atoms with Crippen LogP contribution in [0, 0.1) is 0 Å². The van der Waals surface area contributed by atoms with Gasteiger partial charge in [-0.3, -0.25) is 4.79 Å². The summed E-state index contributed by atoms with van der Waals surface area (Å²) in [5.74, 6) is -0.540. The molecule has 1 amide bonds. The summed E-state index contributed by atoms with van der Waals surface area (Å²) >= 11 is 8.28. The second kappa shape index (κ2) is 7.46. The summed E-state index contributed by atoms with van der Waals surface area (Å²) in [7, 11) is 0. The second-order valence-corrected chi connectivity index (χ2v) is 8.44. The first-order valence-corrected chi connectivity index (χ1v) is 9.51. The molecule has 0 aliphatic carbocycles. The van der Waals surface area contributed by atoms with Gasteiger partial charge in [0.2, 0.25) is 5.91 Å². The molecule has 0 saturated heterocycles. The molecule has 26 heavy (non-hydrogen) atoms. The van der Waals surface area contributed by atoms with Crippen molar-refractivity contribution in [3.8, 4) is 0 Å². The number of nitrogens with zero attached hydrogens (tertiary/aromatic N) is 1. The van der Waals surface area contributed by atoms with Crippen LogP contribution >= 0.6 is 34.7 Å². The number of para-hydroxylation sites is 1. The van der Waals surface area contributed by atoms with Gasteiger partial charge in [-0.1, -0.05) is 35.5 Å². The van der Waals surface area contributed by atoms with Crippen LogP contribution in [0.15, 0.2) is 46.8 Å². The molecule has 2 aromatic carbocycles. The van der Waals surface area contributed by atoms with Gasteiger partial charge in [0.15, 0.2) is 4.34 Å². The molecule has 0 spiro atoms. The maximum atomic E-state index is 13.1. The third kappa shape index (κ3) is 4.31. The largest absolute Gasteiger partial charge is 0.418 e. The monoisotopic (exact) mass is 416 g/mol. The lowest BCUT2D eigenvalue weighted by molar-refractivity contribution is -0.137. The second-order valence-electron chi connectivity index (χ2n) is 5.38. The third-order valence-electron chi connectivity index (χ3n) is 3.47. The molecule has 1 aromatic heterocycles. The number of hydrogen-bond acceptors (Lipinski definition) is 4. The molecular formula is C17H12ClF3N2OS2. The standard InChI is InChI=1S/C17H12ClF3N2OS2/c1-9(25-16-23-13-4-2-3-5-14(13)26-16)15(24)22-12-7-6-10(18)8-11(12)17(19,20)21/h2-9H,1H3,(H,22,24)/t9-/m1/s1. The molecule has 1 N–H and O–H groups in total. The Hall–Kier alpha value is -1.77. The van der Waals surface area contributed by atoms with Crippen molar-refractivity contribution in [3.05, 3.63) is 53.1 Å². The number of nitrogens with one attached hydrogen (secondary N) is 1. The molecule has 3 aromatic rings. The zero-order valence-electron chi connectivity index (χ0n) is 13.3. The number of carbonyl (C=O) groups excluding carboxylic acids is 1. The Morgan fingerprint density at radius 3 is 2.69 bits per heavy atom. The molecule has 0 unspecified atom stereocenters. The van der Waals surface area contributed by atoms with Gasteiger partial charge in [0.1, 0.15) is 0 Å². The zero-order chi connectivity index (χ0) is 18.9. The summed E-state index contributed by atoms with van der Waals surface area (Å²) in [6.45, 7) is 1.62. The lowest BCUT2D eigenvalue weighted by Gasteiger charge is -2.16. The van der Waals surface area contributed by atoms with Crippen molar-refractivity contribution in [1.82, 2.24) is 4.98 Å². The number of thioether (sulfide) groups is 1. The normalized spacial score (nSPS) is 13.0. The minimum atomic E-state index is -4.61. The number of fused-ring (bicyclic) bond motifs is 1. The van der Waals surface area contributed by atoms with E-state index in [0.29, 0.717) is 4.34 Å². The van der Waals surface area contributed by atoms with Gasteiger partial charge in [0, 0.05) is 5.02 Å². The van der Waals surface area contributed by atoms with Crippen LogP contribution in [-0.4, -0.2) is 16.1 Å². The van der Waals surface area contributed by atoms with Gasteiger partial charge in [0.25, 0.3) is 0 Å². The Bertz CT molecular complexity index is 926. The topological polar surface area (TPSA) is 42.0 Å². The minimum Gasteiger partial charge on any atom is -0.325 e. The van der Waals surface area contributed by atoms with Crippen molar-refractivity contribution in [2.24, 2.45) is 0 Å². The van der Waals surface area contributed by atoms with E-state index < -0.39 is 22.9 Å². The molecule has 3 rings (SSSR count). The van der Waals surface area contributed by atoms with Crippen LogP contribution < -0.4 is 5.32 Å². The first kappa shape index (κ1) is 19.0. The van der Waals surface area contributed by atoms with E-state index in [2.05, 4.69) is 10.3 Å². The highest BCUT2D eigenvalue weighted by Gasteiger charge is 2.34. The highest BCUT2D eigenvalue weighted by atomic mass is 35.5. The van der Waals surface area contributed by atoms with Crippen molar-refractivity contribution in [1.29, 1.82) is 0 Å². The van der Waals surface area contributed by atoms with Crippen LogP contribution in [-0.2, 0) is 11.0 Å². The van der Waals surface area contributed by atoms with Gasteiger partial charge in [-0.2, -0.15) is 13.2 Å². The predicted octanol–water partition coefficient (Wildman–Crippen LogP) is 6.09. The molecular weight excluding hydrogens is 405 g/mol. The van der Waals surface area contributed by atoms with Crippen molar-refractivity contribution in [2.45, 2.75) is 22.7 Å². The van der Waals surface area contributed by atoms with Crippen molar-refractivity contribution in [2.75, 3.05) is 5.32 Å². The van der Waals surface area contributed by atoms with Crippen LogP contribution in [0.4, 0.5) is 18.9 Å². The van der Waals surface area contributed by atoms with Gasteiger partial charge >= 0.3 is 6.18 Å². The summed E-state index contributed by atoms with van der Waals surface area (Å²) < 4.78 is 41.0. The fraction of sp³-hybridized carbons (Fsp3) is 0.176. The average Bonchev–Trinajstić information content (AvgIpc) is 2.97. The summed E-state index contributed by atoms with van der Waals surface area (Å²) in [6.07, 6.45) is -4.61. The van der Waals surface area contributed by atoms with Crippen LogP contribution in [0.1, 0.15) is 12.5 Å². The van der Waals surface area contributed by atoms with E-state index in [1.807, 2.05) is 24.3 Å². The fourth-order valence-electron chi connectivity index (χ4n) is 2.20. The fourth-order valence-corrected chi connectivity index (χ4v) is 4.58.